The molecule has 1 aromatic heterocycles. The highest BCUT2D eigenvalue weighted by Crippen LogP contribution is 2.32. The Morgan fingerprint density at radius 3 is 2.64 bits per heavy atom. The number of alkyl halides is 3. The number of anilines is 2. The van der Waals surface area contributed by atoms with Crippen molar-refractivity contribution in [1.29, 1.82) is 0 Å². The first-order chi connectivity index (χ1) is 15.7. The smallest absolute Gasteiger partial charge is 0.404 e. The van der Waals surface area contributed by atoms with E-state index in [9.17, 15) is 18.0 Å². The maximum Gasteiger partial charge on any atom is 0.573 e. The molecule has 0 radical (unpaired) electrons. The molecule has 0 bridgehead atoms. The Morgan fingerprint density at radius 2 is 1.91 bits per heavy atom. The van der Waals surface area contributed by atoms with Crippen LogP contribution in [0.15, 0.2) is 54.7 Å². The van der Waals surface area contributed by atoms with E-state index in [-0.39, 0.29) is 11.7 Å². The van der Waals surface area contributed by atoms with E-state index < -0.39 is 18.1 Å². The third kappa shape index (κ3) is 5.56. The Balaban J connectivity index is 1.40. The fraction of sp³-hybridized carbons (Fsp3) is 0.273. The third-order valence-electron chi connectivity index (χ3n) is 5.40. The number of aromatic nitrogens is 1. The number of hydrogen-bond donors (Lipinski definition) is 2. The van der Waals surface area contributed by atoms with Crippen LogP contribution in [0.3, 0.4) is 0 Å². The van der Waals surface area contributed by atoms with Crippen LogP contribution in [0.4, 0.5) is 29.3 Å². The van der Waals surface area contributed by atoms with Gasteiger partial charge in [-0.25, -0.2) is 4.79 Å². The lowest BCUT2D eigenvalue weighted by molar-refractivity contribution is -0.274. The Hall–Kier alpha value is -2.85. The van der Waals surface area contributed by atoms with Crippen LogP contribution in [-0.2, 0) is 0 Å². The average molecular weight is 497 g/mol. The number of nitrogens with one attached hydrogen (secondary N) is 1. The first kappa shape index (κ1) is 23.3. The van der Waals surface area contributed by atoms with Crippen molar-refractivity contribution in [3.05, 3.63) is 59.8 Å². The largest absolute Gasteiger partial charge is 0.573 e. The highest BCUT2D eigenvalue weighted by atomic mass is 35.5. The Morgan fingerprint density at radius 1 is 1.18 bits per heavy atom. The molecule has 2 aromatic carbocycles. The van der Waals surface area contributed by atoms with Crippen LogP contribution < -0.4 is 15.0 Å². The quantitative estimate of drug-likeness (QED) is 0.426. The minimum absolute atomic E-state index is 0.0850. The maximum atomic E-state index is 12.7. The summed E-state index contributed by atoms with van der Waals surface area (Å²) in [5.74, 6) is -0.487. The summed E-state index contributed by atoms with van der Waals surface area (Å²) in [7, 11) is 0. The molecule has 2 heterocycles. The molecule has 1 fully saturated rings. The van der Waals surface area contributed by atoms with Crippen molar-refractivity contribution in [1.82, 2.24) is 9.29 Å². The van der Waals surface area contributed by atoms with Crippen LogP contribution in [0.2, 0.25) is 5.02 Å². The van der Waals surface area contributed by atoms with Gasteiger partial charge in [0.05, 0.1) is 11.2 Å². The van der Waals surface area contributed by atoms with E-state index in [2.05, 4.69) is 32.8 Å². The number of hydrogen-bond acceptors (Lipinski definition) is 5. The van der Waals surface area contributed by atoms with Crippen LogP contribution in [-0.4, -0.2) is 40.8 Å². The number of ether oxygens (including phenoxy) is 1. The molecule has 3 aromatic rings. The summed E-state index contributed by atoms with van der Waals surface area (Å²) in [5, 5.41) is 4.06. The first-order valence-electron chi connectivity index (χ1n) is 10.1. The minimum atomic E-state index is -4.86. The highest BCUT2D eigenvalue weighted by molar-refractivity contribution is 7.78. The molecule has 0 atom stereocenters. The Labute approximate surface area is 198 Å². The average Bonchev–Trinajstić information content (AvgIpc) is 2.78. The number of rotatable bonds is 4. The zero-order valence-corrected chi connectivity index (χ0v) is 18.9. The molecule has 0 saturated carbocycles. The molecule has 1 aliphatic rings. The molecule has 0 unspecified atom stereocenters. The Kier molecular flexibility index (Phi) is 6.76. The van der Waals surface area contributed by atoms with Crippen molar-refractivity contribution >= 4 is 52.7 Å². The third-order valence-corrected chi connectivity index (χ3v) is 6.14. The van der Waals surface area contributed by atoms with Crippen LogP contribution in [0.25, 0.3) is 10.9 Å². The van der Waals surface area contributed by atoms with Crippen molar-refractivity contribution in [2.75, 3.05) is 23.3 Å². The zero-order chi connectivity index (χ0) is 23.6. The molecular weight excluding hydrogens is 477 g/mol. The van der Waals surface area contributed by atoms with E-state index in [0.29, 0.717) is 31.0 Å². The second-order valence-corrected chi connectivity index (χ2v) is 8.40. The number of piperidine rings is 1. The molecule has 0 spiro atoms. The number of para-hydroxylation sites is 2. The number of nitrogens with zero attached hydrogens (tertiary/aromatic N) is 3. The molecule has 1 N–H and O–H groups in total. The normalized spacial score (nSPS) is 14.9. The van der Waals surface area contributed by atoms with Gasteiger partial charge >= 0.3 is 12.4 Å². The standard InChI is InChI=1S/C22H20ClF3N4O2S/c23-14-5-6-16-18(13-14)27-10-7-19(16)29-11-8-15(9-12-29)30(33)21(31)28-17-3-1-2-4-20(17)32-22(24,25)26/h1-7,10,13,15,33H,8-9,11-12H2,(H,28,31). The van der Waals surface area contributed by atoms with E-state index >= 15 is 0 Å². The first-order valence-corrected chi connectivity index (χ1v) is 10.9. The summed E-state index contributed by atoms with van der Waals surface area (Å²) >= 11 is 10.4. The number of carbonyl (C=O) groups excluding carboxylic acids is 1. The minimum Gasteiger partial charge on any atom is -0.404 e. The second-order valence-electron chi connectivity index (χ2n) is 7.53. The number of benzene rings is 2. The van der Waals surface area contributed by atoms with Gasteiger partial charge in [-0.05, 0) is 49.2 Å². The SMILES string of the molecule is O=C(Nc1ccccc1OC(F)(F)F)N(S)C1CCN(c2ccnc3cc(Cl)ccc23)CC1. The predicted octanol–water partition coefficient (Wildman–Crippen LogP) is 6.13. The molecule has 1 saturated heterocycles. The van der Waals surface area contributed by atoms with Gasteiger partial charge in [0.1, 0.15) is 0 Å². The molecule has 1 aliphatic heterocycles. The van der Waals surface area contributed by atoms with Crippen LogP contribution in [0.5, 0.6) is 5.75 Å². The van der Waals surface area contributed by atoms with E-state index in [1.807, 2.05) is 24.3 Å². The van der Waals surface area contributed by atoms with Gasteiger partial charge in [-0.3, -0.25) is 9.29 Å². The van der Waals surface area contributed by atoms with Gasteiger partial charge in [-0.2, -0.15) is 0 Å². The monoisotopic (exact) mass is 496 g/mol. The molecule has 0 aliphatic carbocycles. The highest BCUT2D eigenvalue weighted by Gasteiger charge is 2.33. The molecule has 6 nitrogen and oxygen atoms in total. The summed E-state index contributed by atoms with van der Waals surface area (Å²) in [5.41, 5.74) is 1.75. The van der Waals surface area contributed by atoms with Gasteiger partial charge < -0.3 is 15.0 Å². The van der Waals surface area contributed by atoms with E-state index in [0.717, 1.165) is 22.7 Å². The van der Waals surface area contributed by atoms with E-state index in [1.165, 1.54) is 22.5 Å². The molecule has 11 heteroatoms. The number of urea groups is 1. The topological polar surface area (TPSA) is 57.7 Å². The number of pyridine rings is 1. The number of thiol groups is 1. The van der Waals surface area contributed by atoms with Gasteiger partial charge in [0, 0.05) is 41.4 Å². The lowest BCUT2D eigenvalue weighted by Gasteiger charge is -2.37. The van der Waals surface area contributed by atoms with Gasteiger partial charge in [0.15, 0.2) is 5.75 Å². The van der Waals surface area contributed by atoms with E-state index in [4.69, 9.17) is 11.6 Å². The lowest BCUT2D eigenvalue weighted by Crippen LogP contribution is -2.44. The van der Waals surface area contributed by atoms with Crippen molar-refractivity contribution in [2.24, 2.45) is 0 Å². The number of halogens is 4. The second kappa shape index (κ2) is 9.56. The van der Waals surface area contributed by atoms with Crippen molar-refractivity contribution in [2.45, 2.75) is 25.2 Å². The van der Waals surface area contributed by atoms with Gasteiger partial charge in [0.2, 0.25) is 0 Å². The maximum absolute atomic E-state index is 12.7. The molecular formula is C22H20ClF3N4O2S. The summed E-state index contributed by atoms with van der Waals surface area (Å²) in [6, 6.07) is 12.1. The number of carbonyl (C=O) groups is 1. The van der Waals surface area contributed by atoms with Gasteiger partial charge in [0.25, 0.3) is 0 Å². The van der Waals surface area contributed by atoms with Crippen LogP contribution in [0.1, 0.15) is 12.8 Å². The van der Waals surface area contributed by atoms with E-state index in [1.54, 1.807) is 6.20 Å². The summed E-state index contributed by atoms with van der Waals surface area (Å²) in [6.07, 6.45) is -1.86. The fourth-order valence-electron chi connectivity index (χ4n) is 3.86. The number of fused-ring (bicyclic) bond motifs is 1. The van der Waals surface area contributed by atoms with Crippen molar-refractivity contribution in [3.8, 4) is 5.75 Å². The van der Waals surface area contributed by atoms with Gasteiger partial charge in [-0.1, -0.05) is 36.5 Å². The predicted molar refractivity (Wildman–Crippen MR) is 125 cm³/mol. The van der Waals surface area contributed by atoms with Crippen LogP contribution >= 0.6 is 24.4 Å². The summed E-state index contributed by atoms with van der Waals surface area (Å²) in [6.45, 7) is 1.34. The summed E-state index contributed by atoms with van der Waals surface area (Å²) < 4.78 is 43.1. The molecule has 4 rings (SSSR count). The number of amides is 2. The van der Waals surface area contributed by atoms with Crippen molar-refractivity contribution in [3.63, 3.8) is 0 Å². The Bertz CT molecular complexity index is 1160. The summed E-state index contributed by atoms with van der Waals surface area (Å²) in [4.78, 5) is 19.2. The molecule has 174 valence electrons. The van der Waals surface area contributed by atoms with Crippen molar-refractivity contribution < 1.29 is 22.7 Å². The fourth-order valence-corrected chi connectivity index (χ4v) is 4.30. The van der Waals surface area contributed by atoms with Crippen LogP contribution in [0, 0.1) is 0 Å². The molecule has 33 heavy (non-hydrogen) atoms. The lowest BCUT2D eigenvalue weighted by atomic mass is 10.0. The van der Waals surface area contributed by atoms with Gasteiger partial charge in [-0.15, -0.1) is 13.2 Å². The molecule has 2 amide bonds. The zero-order valence-electron chi connectivity index (χ0n) is 17.2.